The summed E-state index contributed by atoms with van der Waals surface area (Å²) in [6, 6.07) is 9.15. The van der Waals surface area contributed by atoms with Crippen LogP contribution in [0.1, 0.15) is 23.2 Å². The zero-order valence-corrected chi connectivity index (χ0v) is 10.9. The molecule has 0 radical (unpaired) electrons. The van der Waals surface area contributed by atoms with E-state index in [1.165, 1.54) is 0 Å². The third kappa shape index (κ3) is 3.65. The first kappa shape index (κ1) is 13.2. The Hall–Kier alpha value is -1.20. The van der Waals surface area contributed by atoms with Gasteiger partial charge in [-0.15, -0.1) is 0 Å². The van der Waals surface area contributed by atoms with E-state index in [4.69, 9.17) is 0 Å². The third-order valence-electron chi connectivity index (χ3n) is 3.11. The van der Waals surface area contributed by atoms with Crippen LogP contribution in [0.4, 0.5) is 0 Å². The highest BCUT2D eigenvalue weighted by Crippen LogP contribution is 2.11. The average Bonchev–Trinajstić information content (AvgIpc) is 2.70. The van der Waals surface area contributed by atoms with E-state index >= 15 is 0 Å². The molecule has 0 bridgehead atoms. The molecule has 0 saturated carbocycles. The molecule has 1 unspecified atom stereocenters. The van der Waals surface area contributed by atoms with Crippen LogP contribution < -0.4 is 5.32 Å². The van der Waals surface area contributed by atoms with E-state index < -0.39 is 9.84 Å². The Kier molecular flexibility index (Phi) is 4.14. The normalized spacial score (nSPS) is 21.9. The summed E-state index contributed by atoms with van der Waals surface area (Å²) in [6.45, 7) is 0.536. The molecule has 1 atom stereocenters. The van der Waals surface area contributed by atoms with Crippen molar-refractivity contribution < 1.29 is 13.2 Å². The van der Waals surface area contributed by atoms with E-state index in [-0.39, 0.29) is 23.3 Å². The second-order valence-electron chi connectivity index (χ2n) is 4.59. The first-order valence-electron chi connectivity index (χ1n) is 6.09. The van der Waals surface area contributed by atoms with Gasteiger partial charge >= 0.3 is 0 Å². The standard InChI is InChI=1S/C13H17NO3S/c15-13(11-4-2-1-3-5-11)6-8-14-12-7-9-18(16,17)10-12/h1-5,12,14H,6-10H2. The Morgan fingerprint density at radius 2 is 2.00 bits per heavy atom. The van der Waals surface area contributed by atoms with Gasteiger partial charge in [0.25, 0.3) is 0 Å². The molecular weight excluding hydrogens is 250 g/mol. The molecule has 4 nitrogen and oxygen atoms in total. The van der Waals surface area contributed by atoms with Crippen LogP contribution in [-0.4, -0.2) is 38.3 Å². The number of carbonyl (C=O) groups excluding carboxylic acids is 1. The van der Waals surface area contributed by atoms with Gasteiger partial charge in [0.2, 0.25) is 0 Å². The molecule has 0 aliphatic carbocycles. The van der Waals surface area contributed by atoms with E-state index in [0.717, 1.165) is 0 Å². The van der Waals surface area contributed by atoms with E-state index in [1.54, 1.807) is 12.1 Å². The number of ketones is 1. The Morgan fingerprint density at radius 1 is 1.28 bits per heavy atom. The van der Waals surface area contributed by atoms with Crippen LogP contribution in [0.15, 0.2) is 30.3 Å². The monoisotopic (exact) mass is 267 g/mol. The van der Waals surface area contributed by atoms with Crippen LogP contribution in [0.3, 0.4) is 0 Å². The number of hydrogen-bond acceptors (Lipinski definition) is 4. The second-order valence-corrected chi connectivity index (χ2v) is 6.82. The number of Topliss-reactive ketones (excluding diaryl/α,β-unsaturated/α-hetero) is 1. The molecular formula is C13H17NO3S. The van der Waals surface area contributed by atoms with Gasteiger partial charge in [0, 0.05) is 24.6 Å². The van der Waals surface area contributed by atoms with Crippen molar-refractivity contribution in [2.75, 3.05) is 18.1 Å². The maximum absolute atomic E-state index is 11.8. The van der Waals surface area contributed by atoms with Gasteiger partial charge in [0.05, 0.1) is 11.5 Å². The molecule has 1 aromatic carbocycles. The molecule has 1 heterocycles. The van der Waals surface area contributed by atoms with Gasteiger partial charge < -0.3 is 5.32 Å². The van der Waals surface area contributed by atoms with Crippen molar-refractivity contribution in [3.63, 3.8) is 0 Å². The second kappa shape index (κ2) is 5.63. The van der Waals surface area contributed by atoms with Crippen LogP contribution in [0, 0.1) is 0 Å². The SMILES string of the molecule is O=C(CCNC1CCS(=O)(=O)C1)c1ccccc1. The topological polar surface area (TPSA) is 63.2 Å². The van der Waals surface area contributed by atoms with E-state index in [9.17, 15) is 13.2 Å². The van der Waals surface area contributed by atoms with Gasteiger partial charge in [0.1, 0.15) is 0 Å². The fourth-order valence-corrected chi connectivity index (χ4v) is 3.82. The number of sulfone groups is 1. The van der Waals surface area contributed by atoms with E-state index in [1.807, 2.05) is 18.2 Å². The van der Waals surface area contributed by atoms with Crippen LogP contribution in [0.2, 0.25) is 0 Å². The lowest BCUT2D eigenvalue weighted by molar-refractivity contribution is 0.0982. The van der Waals surface area contributed by atoms with Gasteiger partial charge in [-0.05, 0) is 6.42 Å². The lowest BCUT2D eigenvalue weighted by Gasteiger charge is -2.09. The summed E-state index contributed by atoms with van der Waals surface area (Å²) >= 11 is 0. The summed E-state index contributed by atoms with van der Waals surface area (Å²) < 4.78 is 22.5. The van der Waals surface area contributed by atoms with Crippen molar-refractivity contribution in [2.24, 2.45) is 0 Å². The Balaban J connectivity index is 1.75. The summed E-state index contributed by atoms with van der Waals surface area (Å²) in [7, 11) is -2.85. The molecule has 2 rings (SSSR count). The lowest BCUT2D eigenvalue weighted by atomic mass is 10.1. The van der Waals surface area contributed by atoms with Crippen molar-refractivity contribution in [3.8, 4) is 0 Å². The van der Waals surface area contributed by atoms with E-state index in [0.29, 0.717) is 24.9 Å². The smallest absolute Gasteiger partial charge is 0.164 e. The number of benzene rings is 1. The molecule has 0 aromatic heterocycles. The van der Waals surface area contributed by atoms with Gasteiger partial charge in [0.15, 0.2) is 15.6 Å². The molecule has 1 fully saturated rings. The lowest BCUT2D eigenvalue weighted by Crippen LogP contribution is -2.31. The van der Waals surface area contributed by atoms with Crippen molar-refractivity contribution in [1.29, 1.82) is 0 Å². The minimum atomic E-state index is -2.85. The van der Waals surface area contributed by atoms with E-state index in [2.05, 4.69) is 5.32 Å². The first-order chi connectivity index (χ1) is 8.57. The van der Waals surface area contributed by atoms with Crippen molar-refractivity contribution in [1.82, 2.24) is 5.32 Å². The average molecular weight is 267 g/mol. The summed E-state index contributed by atoms with van der Waals surface area (Å²) in [5.41, 5.74) is 0.707. The van der Waals surface area contributed by atoms with Gasteiger partial charge in [-0.2, -0.15) is 0 Å². The predicted octanol–water partition coefficient (Wildman–Crippen LogP) is 1.04. The van der Waals surface area contributed by atoms with Crippen molar-refractivity contribution in [3.05, 3.63) is 35.9 Å². The highest BCUT2D eigenvalue weighted by atomic mass is 32.2. The number of hydrogen-bond donors (Lipinski definition) is 1. The minimum Gasteiger partial charge on any atom is -0.312 e. The van der Waals surface area contributed by atoms with Crippen LogP contribution >= 0.6 is 0 Å². The minimum absolute atomic E-state index is 0.0126. The summed E-state index contributed by atoms with van der Waals surface area (Å²) in [4.78, 5) is 11.8. The fraction of sp³-hybridized carbons (Fsp3) is 0.462. The Bertz CT molecular complexity index is 510. The van der Waals surface area contributed by atoms with Crippen molar-refractivity contribution in [2.45, 2.75) is 18.9 Å². The molecule has 1 aliphatic rings. The molecule has 1 saturated heterocycles. The van der Waals surface area contributed by atoms with Crippen LogP contribution in [0.5, 0.6) is 0 Å². The van der Waals surface area contributed by atoms with Crippen LogP contribution in [-0.2, 0) is 9.84 Å². The molecule has 0 amide bonds. The summed E-state index contributed by atoms with van der Waals surface area (Å²) in [6.07, 6.45) is 1.06. The maximum atomic E-state index is 11.8. The molecule has 18 heavy (non-hydrogen) atoms. The first-order valence-corrected chi connectivity index (χ1v) is 7.91. The van der Waals surface area contributed by atoms with Crippen LogP contribution in [0.25, 0.3) is 0 Å². The highest BCUT2D eigenvalue weighted by molar-refractivity contribution is 7.91. The quantitative estimate of drug-likeness (QED) is 0.810. The highest BCUT2D eigenvalue weighted by Gasteiger charge is 2.27. The molecule has 0 spiro atoms. The largest absolute Gasteiger partial charge is 0.312 e. The molecule has 1 N–H and O–H groups in total. The molecule has 1 aliphatic heterocycles. The number of carbonyl (C=O) groups is 1. The molecule has 98 valence electrons. The fourth-order valence-electron chi connectivity index (χ4n) is 2.11. The Morgan fingerprint density at radius 3 is 2.61 bits per heavy atom. The van der Waals surface area contributed by atoms with Gasteiger partial charge in [-0.3, -0.25) is 4.79 Å². The molecule has 5 heteroatoms. The zero-order chi connectivity index (χ0) is 13.0. The summed E-state index contributed by atoms with van der Waals surface area (Å²) in [5.74, 6) is 0.549. The third-order valence-corrected chi connectivity index (χ3v) is 4.88. The summed E-state index contributed by atoms with van der Waals surface area (Å²) in [5, 5.41) is 3.14. The molecule has 1 aromatic rings. The van der Waals surface area contributed by atoms with Gasteiger partial charge in [-0.1, -0.05) is 30.3 Å². The predicted molar refractivity (Wildman–Crippen MR) is 70.5 cm³/mol. The van der Waals surface area contributed by atoms with Crippen molar-refractivity contribution >= 4 is 15.6 Å². The zero-order valence-electron chi connectivity index (χ0n) is 10.1. The number of rotatable bonds is 5. The number of nitrogens with one attached hydrogen (secondary N) is 1. The Labute approximate surface area is 107 Å². The van der Waals surface area contributed by atoms with Gasteiger partial charge in [-0.25, -0.2) is 8.42 Å². The maximum Gasteiger partial charge on any atom is 0.164 e.